The molecule has 1 aromatic carbocycles. The summed E-state index contributed by atoms with van der Waals surface area (Å²) in [5, 5.41) is 11.6. The summed E-state index contributed by atoms with van der Waals surface area (Å²) in [6, 6.07) is 8.66. The van der Waals surface area contributed by atoms with Gasteiger partial charge in [-0.25, -0.2) is 0 Å². The van der Waals surface area contributed by atoms with E-state index in [4.69, 9.17) is 11.0 Å². The van der Waals surface area contributed by atoms with Crippen LogP contribution in [-0.2, 0) is 6.54 Å². The first-order valence-corrected chi connectivity index (χ1v) is 6.81. The summed E-state index contributed by atoms with van der Waals surface area (Å²) in [5.74, 6) is -0.242. The van der Waals surface area contributed by atoms with Gasteiger partial charge in [0.05, 0.1) is 23.0 Å². The highest BCUT2D eigenvalue weighted by Gasteiger charge is 2.13. The van der Waals surface area contributed by atoms with Gasteiger partial charge >= 0.3 is 0 Å². The number of nitrogens with two attached hydrogens (primary N) is 1. The summed E-state index contributed by atoms with van der Waals surface area (Å²) < 4.78 is 2.44. The highest BCUT2D eigenvalue weighted by Crippen LogP contribution is 2.24. The molecule has 102 valence electrons. The highest BCUT2D eigenvalue weighted by atomic mass is 79.9. The Labute approximate surface area is 125 Å². The predicted octanol–water partition coefficient (Wildman–Crippen LogP) is 2.98. The molecular weight excluding hydrogens is 320 g/mol. The van der Waals surface area contributed by atoms with Crippen LogP contribution in [0.5, 0.6) is 0 Å². The Kier molecular flexibility index (Phi) is 4.11. The molecule has 0 fully saturated rings. The van der Waals surface area contributed by atoms with Crippen LogP contribution in [0.2, 0.25) is 0 Å². The van der Waals surface area contributed by atoms with E-state index in [1.807, 2.05) is 13.0 Å². The second-order valence-electron chi connectivity index (χ2n) is 4.21. The van der Waals surface area contributed by atoms with Crippen molar-refractivity contribution in [1.29, 1.82) is 5.26 Å². The Hall–Kier alpha value is -2.26. The number of amides is 1. The number of nitrogens with one attached hydrogen (secondary N) is 1. The number of nitriles is 1. The molecule has 3 N–H and O–H groups in total. The molecule has 0 spiro atoms. The minimum absolute atomic E-state index is 0.242. The molecule has 2 rings (SSSR count). The van der Waals surface area contributed by atoms with Gasteiger partial charge in [0.1, 0.15) is 5.69 Å². The predicted molar refractivity (Wildman–Crippen MR) is 81.3 cm³/mol. The molecule has 0 saturated heterocycles. The second-order valence-corrected chi connectivity index (χ2v) is 5.06. The quantitative estimate of drug-likeness (QED) is 0.906. The van der Waals surface area contributed by atoms with Crippen molar-refractivity contribution in [2.45, 2.75) is 13.5 Å². The van der Waals surface area contributed by atoms with E-state index in [1.165, 1.54) is 0 Å². The van der Waals surface area contributed by atoms with Crippen molar-refractivity contribution in [2.75, 3.05) is 11.1 Å². The molecule has 0 saturated carbocycles. The van der Waals surface area contributed by atoms with Gasteiger partial charge in [0, 0.05) is 17.2 Å². The van der Waals surface area contributed by atoms with E-state index in [0.29, 0.717) is 33.6 Å². The molecule has 0 bridgehead atoms. The Morgan fingerprint density at radius 1 is 1.50 bits per heavy atom. The SMILES string of the molecule is CCn1cc(N)cc1C(=O)Nc1ccc(C#N)cc1Br. The minimum atomic E-state index is -0.242. The number of rotatable bonds is 3. The van der Waals surface area contributed by atoms with Gasteiger partial charge in [-0.15, -0.1) is 0 Å². The summed E-state index contributed by atoms with van der Waals surface area (Å²) in [7, 11) is 0. The van der Waals surface area contributed by atoms with E-state index in [0.717, 1.165) is 0 Å². The zero-order chi connectivity index (χ0) is 14.7. The van der Waals surface area contributed by atoms with E-state index >= 15 is 0 Å². The molecule has 0 radical (unpaired) electrons. The lowest BCUT2D eigenvalue weighted by molar-refractivity contribution is 0.101. The van der Waals surface area contributed by atoms with Crippen molar-refractivity contribution in [3.8, 4) is 6.07 Å². The molecule has 0 unspecified atom stereocenters. The Morgan fingerprint density at radius 2 is 2.25 bits per heavy atom. The van der Waals surface area contributed by atoms with Gasteiger partial charge in [0.25, 0.3) is 5.91 Å². The summed E-state index contributed by atoms with van der Waals surface area (Å²) in [4.78, 5) is 12.2. The Balaban J connectivity index is 2.26. The molecule has 1 amide bonds. The molecule has 0 atom stereocenters. The third-order valence-electron chi connectivity index (χ3n) is 2.84. The fourth-order valence-corrected chi connectivity index (χ4v) is 2.34. The lowest BCUT2D eigenvalue weighted by Gasteiger charge is -2.09. The lowest BCUT2D eigenvalue weighted by atomic mass is 10.2. The smallest absolute Gasteiger partial charge is 0.272 e. The maximum atomic E-state index is 12.2. The normalized spacial score (nSPS) is 10.1. The van der Waals surface area contributed by atoms with Crippen molar-refractivity contribution in [2.24, 2.45) is 0 Å². The molecule has 1 heterocycles. The van der Waals surface area contributed by atoms with Crippen LogP contribution in [0, 0.1) is 11.3 Å². The van der Waals surface area contributed by atoms with Crippen LogP contribution in [0.4, 0.5) is 11.4 Å². The fraction of sp³-hybridized carbons (Fsp3) is 0.143. The molecule has 5 nitrogen and oxygen atoms in total. The first-order valence-electron chi connectivity index (χ1n) is 6.01. The van der Waals surface area contributed by atoms with Crippen molar-refractivity contribution in [3.63, 3.8) is 0 Å². The van der Waals surface area contributed by atoms with Crippen LogP contribution in [0.1, 0.15) is 23.0 Å². The van der Waals surface area contributed by atoms with Crippen LogP contribution in [0.3, 0.4) is 0 Å². The number of benzene rings is 1. The maximum Gasteiger partial charge on any atom is 0.272 e. The van der Waals surface area contributed by atoms with Gasteiger partial charge in [-0.3, -0.25) is 4.79 Å². The van der Waals surface area contributed by atoms with E-state index in [-0.39, 0.29) is 5.91 Å². The highest BCUT2D eigenvalue weighted by molar-refractivity contribution is 9.10. The third-order valence-corrected chi connectivity index (χ3v) is 3.49. The fourth-order valence-electron chi connectivity index (χ4n) is 1.86. The topological polar surface area (TPSA) is 83.8 Å². The summed E-state index contributed by atoms with van der Waals surface area (Å²) in [6.07, 6.45) is 1.72. The van der Waals surface area contributed by atoms with Gasteiger partial charge in [-0.2, -0.15) is 5.26 Å². The second kappa shape index (κ2) is 5.80. The molecule has 20 heavy (non-hydrogen) atoms. The lowest BCUT2D eigenvalue weighted by Crippen LogP contribution is -2.16. The van der Waals surface area contributed by atoms with Crippen molar-refractivity contribution < 1.29 is 4.79 Å². The van der Waals surface area contributed by atoms with Crippen LogP contribution in [0.15, 0.2) is 34.9 Å². The van der Waals surface area contributed by atoms with Gasteiger partial charge in [0.15, 0.2) is 0 Å². The van der Waals surface area contributed by atoms with Crippen LogP contribution >= 0.6 is 15.9 Å². The number of halogens is 1. The standard InChI is InChI=1S/C14H13BrN4O/c1-2-19-8-10(17)6-13(19)14(20)18-12-4-3-9(7-16)5-11(12)15/h3-6,8H,2,17H2,1H3,(H,18,20). The van der Waals surface area contributed by atoms with Gasteiger partial charge in [0.2, 0.25) is 0 Å². The maximum absolute atomic E-state index is 12.2. The minimum Gasteiger partial charge on any atom is -0.397 e. The van der Waals surface area contributed by atoms with E-state index < -0.39 is 0 Å². The number of hydrogen-bond acceptors (Lipinski definition) is 3. The van der Waals surface area contributed by atoms with Crippen molar-refractivity contribution in [3.05, 3.63) is 46.2 Å². The number of carbonyl (C=O) groups is 1. The molecular formula is C14H13BrN4O. The first kappa shape index (κ1) is 14.2. The average molecular weight is 333 g/mol. The summed E-state index contributed by atoms with van der Waals surface area (Å²) in [6.45, 7) is 2.60. The Morgan fingerprint density at radius 3 is 2.85 bits per heavy atom. The zero-order valence-electron chi connectivity index (χ0n) is 10.9. The number of carbonyl (C=O) groups excluding carboxylic acids is 1. The van der Waals surface area contributed by atoms with Crippen LogP contribution < -0.4 is 11.1 Å². The van der Waals surface area contributed by atoms with Crippen molar-refractivity contribution >= 4 is 33.2 Å². The van der Waals surface area contributed by atoms with Crippen molar-refractivity contribution in [1.82, 2.24) is 4.57 Å². The molecule has 0 aliphatic heterocycles. The average Bonchev–Trinajstić information content (AvgIpc) is 2.82. The van der Waals surface area contributed by atoms with Crippen LogP contribution in [-0.4, -0.2) is 10.5 Å². The van der Waals surface area contributed by atoms with Gasteiger partial charge < -0.3 is 15.6 Å². The summed E-state index contributed by atoms with van der Waals surface area (Å²) >= 11 is 3.33. The molecule has 0 aliphatic rings. The molecule has 0 aliphatic carbocycles. The number of nitrogens with zero attached hydrogens (tertiary/aromatic N) is 2. The molecule has 6 heteroatoms. The number of aromatic nitrogens is 1. The van der Waals surface area contributed by atoms with Gasteiger partial charge in [-0.05, 0) is 47.1 Å². The summed E-state index contributed by atoms with van der Waals surface area (Å²) in [5.41, 5.74) is 7.89. The number of anilines is 2. The monoisotopic (exact) mass is 332 g/mol. The van der Waals surface area contributed by atoms with E-state index in [1.54, 1.807) is 35.0 Å². The largest absolute Gasteiger partial charge is 0.397 e. The number of nitrogen functional groups attached to an aromatic ring is 1. The first-order chi connectivity index (χ1) is 9.55. The van der Waals surface area contributed by atoms with Crippen LogP contribution in [0.25, 0.3) is 0 Å². The van der Waals surface area contributed by atoms with E-state index in [9.17, 15) is 4.79 Å². The number of hydrogen-bond donors (Lipinski definition) is 2. The zero-order valence-corrected chi connectivity index (χ0v) is 12.4. The van der Waals surface area contributed by atoms with E-state index in [2.05, 4.69) is 21.2 Å². The molecule has 1 aromatic heterocycles. The third kappa shape index (κ3) is 2.83. The molecule has 2 aromatic rings. The Bertz CT molecular complexity index is 700. The number of aryl methyl sites for hydroxylation is 1. The van der Waals surface area contributed by atoms with Gasteiger partial charge in [-0.1, -0.05) is 0 Å².